The lowest BCUT2D eigenvalue weighted by Gasteiger charge is -2.21. The fraction of sp³-hybridized carbons (Fsp3) is 0.421. The zero-order valence-corrected chi connectivity index (χ0v) is 15.4. The molecule has 0 saturated heterocycles. The summed E-state index contributed by atoms with van der Waals surface area (Å²) in [5.41, 5.74) is 4.67. The van der Waals surface area contributed by atoms with Crippen molar-refractivity contribution < 1.29 is 9.59 Å². The van der Waals surface area contributed by atoms with Crippen molar-refractivity contribution >= 4 is 28.3 Å². The highest BCUT2D eigenvalue weighted by molar-refractivity contribution is 7.14. The molecule has 1 atom stereocenters. The first-order valence-corrected chi connectivity index (χ1v) is 9.60. The van der Waals surface area contributed by atoms with Gasteiger partial charge in [-0.3, -0.25) is 14.9 Å². The van der Waals surface area contributed by atoms with Crippen LogP contribution in [0, 0.1) is 6.92 Å². The van der Waals surface area contributed by atoms with Crippen LogP contribution in [0.4, 0.5) is 5.13 Å². The van der Waals surface area contributed by atoms with Gasteiger partial charge in [0.15, 0.2) is 5.13 Å². The molecule has 0 bridgehead atoms. The number of amides is 2. The minimum Gasteiger partial charge on any atom is -0.341 e. The van der Waals surface area contributed by atoms with Crippen molar-refractivity contribution in [2.24, 2.45) is 0 Å². The maximum absolute atomic E-state index is 12.2. The van der Waals surface area contributed by atoms with E-state index in [9.17, 15) is 9.59 Å². The van der Waals surface area contributed by atoms with Gasteiger partial charge in [0.05, 0.1) is 11.7 Å². The fourth-order valence-corrected chi connectivity index (χ4v) is 3.86. The molecule has 25 heavy (non-hydrogen) atoms. The lowest BCUT2D eigenvalue weighted by molar-refractivity contribution is -0.136. The lowest BCUT2D eigenvalue weighted by atomic mass is 9.89. The molecule has 132 valence electrons. The van der Waals surface area contributed by atoms with Crippen LogP contribution >= 0.6 is 11.3 Å². The van der Waals surface area contributed by atoms with Gasteiger partial charge in [-0.2, -0.15) is 0 Å². The van der Waals surface area contributed by atoms with E-state index < -0.39 is 11.8 Å². The summed E-state index contributed by atoms with van der Waals surface area (Å²) in [6, 6.07) is 6.26. The van der Waals surface area contributed by atoms with Crippen molar-refractivity contribution in [3.63, 3.8) is 0 Å². The Bertz CT molecular complexity index is 785. The summed E-state index contributed by atoms with van der Waals surface area (Å²) in [6.45, 7) is 3.85. The SMILES string of the molecule is CCC(NC(=O)C(=O)Nc1nc(C)cs1)c1ccc2c(c1)CCCC2. The quantitative estimate of drug-likeness (QED) is 0.822. The molecule has 2 amide bonds. The second-order valence-corrected chi connectivity index (χ2v) is 7.28. The maximum atomic E-state index is 12.2. The van der Waals surface area contributed by atoms with Crippen LogP contribution in [0.3, 0.4) is 0 Å². The first-order valence-electron chi connectivity index (χ1n) is 8.72. The van der Waals surface area contributed by atoms with Crippen LogP contribution in [0.25, 0.3) is 0 Å². The van der Waals surface area contributed by atoms with Gasteiger partial charge in [-0.1, -0.05) is 25.1 Å². The van der Waals surface area contributed by atoms with E-state index in [1.807, 2.05) is 19.2 Å². The van der Waals surface area contributed by atoms with Gasteiger partial charge in [-0.25, -0.2) is 4.98 Å². The third kappa shape index (κ3) is 4.25. The number of hydrogen-bond donors (Lipinski definition) is 2. The molecule has 0 radical (unpaired) electrons. The van der Waals surface area contributed by atoms with Crippen molar-refractivity contribution in [1.82, 2.24) is 10.3 Å². The Labute approximate surface area is 151 Å². The zero-order valence-electron chi connectivity index (χ0n) is 14.6. The third-order valence-corrected chi connectivity index (χ3v) is 5.41. The number of carbonyl (C=O) groups excluding carboxylic acids is 2. The number of benzene rings is 1. The highest BCUT2D eigenvalue weighted by atomic mass is 32.1. The maximum Gasteiger partial charge on any atom is 0.315 e. The highest BCUT2D eigenvalue weighted by Crippen LogP contribution is 2.26. The standard InChI is InChI=1S/C19H23N3O2S/c1-3-16(15-9-8-13-6-4-5-7-14(13)10-15)21-17(23)18(24)22-19-20-12(2)11-25-19/h8-11,16H,3-7H2,1-2H3,(H,21,23)(H,20,22,24). The summed E-state index contributed by atoms with van der Waals surface area (Å²) in [5, 5.41) is 7.67. The van der Waals surface area contributed by atoms with E-state index >= 15 is 0 Å². The Hall–Kier alpha value is -2.21. The van der Waals surface area contributed by atoms with Gasteiger partial charge < -0.3 is 5.32 Å². The summed E-state index contributed by atoms with van der Waals surface area (Å²) >= 11 is 1.31. The van der Waals surface area contributed by atoms with Gasteiger partial charge in [0.25, 0.3) is 0 Å². The fourth-order valence-electron chi connectivity index (χ4n) is 3.18. The normalized spacial score (nSPS) is 14.5. The minimum absolute atomic E-state index is 0.163. The van der Waals surface area contributed by atoms with E-state index in [0.717, 1.165) is 30.5 Å². The molecule has 3 rings (SSSR count). The second-order valence-electron chi connectivity index (χ2n) is 6.42. The monoisotopic (exact) mass is 357 g/mol. The number of hydrogen-bond acceptors (Lipinski definition) is 4. The van der Waals surface area contributed by atoms with Gasteiger partial charge in [-0.05, 0) is 55.7 Å². The molecule has 1 aliphatic carbocycles. The van der Waals surface area contributed by atoms with Crippen molar-refractivity contribution in [1.29, 1.82) is 0 Å². The summed E-state index contributed by atoms with van der Waals surface area (Å²) in [5.74, 6) is -1.30. The molecular weight excluding hydrogens is 334 g/mol. The second kappa shape index (κ2) is 7.78. The van der Waals surface area contributed by atoms with E-state index in [1.54, 1.807) is 0 Å². The Kier molecular flexibility index (Phi) is 5.48. The number of nitrogens with one attached hydrogen (secondary N) is 2. The van der Waals surface area contributed by atoms with Crippen LogP contribution in [0.1, 0.15) is 54.6 Å². The van der Waals surface area contributed by atoms with Crippen molar-refractivity contribution in [2.75, 3.05) is 5.32 Å². The number of aromatic nitrogens is 1. The Morgan fingerprint density at radius 3 is 2.64 bits per heavy atom. The van der Waals surface area contributed by atoms with Gasteiger partial charge in [-0.15, -0.1) is 11.3 Å². The molecule has 6 heteroatoms. The van der Waals surface area contributed by atoms with Crippen molar-refractivity contribution in [3.8, 4) is 0 Å². The Balaban J connectivity index is 1.66. The first kappa shape index (κ1) is 17.6. The van der Waals surface area contributed by atoms with Crippen LogP contribution in [-0.2, 0) is 22.4 Å². The molecule has 0 spiro atoms. The van der Waals surface area contributed by atoms with Crippen LogP contribution in [0.2, 0.25) is 0 Å². The van der Waals surface area contributed by atoms with Crippen LogP contribution in [0.5, 0.6) is 0 Å². The molecular formula is C19H23N3O2S. The number of rotatable bonds is 4. The van der Waals surface area contributed by atoms with Gasteiger partial charge in [0.1, 0.15) is 0 Å². The largest absolute Gasteiger partial charge is 0.341 e. The van der Waals surface area contributed by atoms with E-state index in [1.165, 1.54) is 35.3 Å². The molecule has 2 N–H and O–H groups in total. The molecule has 1 aliphatic rings. The van der Waals surface area contributed by atoms with Crippen molar-refractivity contribution in [3.05, 3.63) is 46.0 Å². The minimum atomic E-state index is -0.675. The van der Waals surface area contributed by atoms with E-state index in [-0.39, 0.29) is 6.04 Å². The van der Waals surface area contributed by atoms with Gasteiger partial charge >= 0.3 is 11.8 Å². The number of thiazole rings is 1. The topological polar surface area (TPSA) is 71.1 Å². The summed E-state index contributed by atoms with van der Waals surface area (Å²) < 4.78 is 0. The zero-order chi connectivity index (χ0) is 17.8. The molecule has 0 fully saturated rings. The molecule has 1 aromatic heterocycles. The molecule has 1 aromatic carbocycles. The van der Waals surface area contributed by atoms with Crippen LogP contribution in [-0.4, -0.2) is 16.8 Å². The summed E-state index contributed by atoms with van der Waals surface area (Å²) in [4.78, 5) is 28.5. The van der Waals surface area contributed by atoms with E-state index in [4.69, 9.17) is 0 Å². The molecule has 5 nitrogen and oxygen atoms in total. The average molecular weight is 357 g/mol. The smallest absolute Gasteiger partial charge is 0.315 e. The third-order valence-electron chi connectivity index (χ3n) is 4.53. The molecule has 1 heterocycles. The van der Waals surface area contributed by atoms with Crippen molar-refractivity contribution in [2.45, 2.75) is 52.0 Å². The summed E-state index contributed by atoms with van der Waals surface area (Å²) in [7, 11) is 0. The Morgan fingerprint density at radius 1 is 1.20 bits per heavy atom. The van der Waals surface area contributed by atoms with Gasteiger partial charge in [0, 0.05) is 5.38 Å². The molecule has 1 unspecified atom stereocenters. The van der Waals surface area contributed by atoms with E-state index in [0.29, 0.717) is 5.13 Å². The van der Waals surface area contributed by atoms with Crippen LogP contribution < -0.4 is 10.6 Å². The average Bonchev–Trinajstić information content (AvgIpc) is 3.03. The number of carbonyl (C=O) groups is 2. The first-order chi connectivity index (χ1) is 12.1. The molecule has 0 aliphatic heterocycles. The molecule has 0 saturated carbocycles. The van der Waals surface area contributed by atoms with Crippen LogP contribution in [0.15, 0.2) is 23.6 Å². The molecule has 2 aromatic rings. The van der Waals surface area contributed by atoms with E-state index in [2.05, 4.69) is 33.8 Å². The van der Waals surface area contributed by atoms with Gasteiger partial charge in [0.2, 0.25) is 0 Å². The number of anilines is 1. The summed E-state index contributed by atoms with van der Waals surface area (Å²) in [6.07, 6.45) is 5.42. The Morgan fingerprint density at radius 2 is 1.96 bits per heavy atom. The predicted molar refractivity (Wildman–Crippen MR) is 99.7 cm³/mol. The number of aryl methyl sites for hydroxylation is 3. The lowest BCUT2D eigenvalue weighted by Crippen LogP contribution is -2.37. The predicted octanol–water partition coefficient (Wildman–Crippen LogP) is 3.54. The number of fused-ring (bicyclic) bond motifs is 1. The number of nitrogens with zero attached hydrogens (tertiary/aromatic N) is 1. The highest BCUT2D eigenvalue weighted by Gasteiger charge is 2.21.